The van der Waals surface area contributed by atoms with E-state index in [9.17, 15) is 9.00 Å². The van der Waals surface area contributed by atoms with Crippen LogP contribution in [0.2, 0.25) is 0 Å². The zero-order valence-corrected chi connectivity index (χ0v) is 16.6. The van der Waals surface area contributed by atoms with Gasteiger partial charge in [-0.3, -0.25) is 4.79 Å². The van der Waals surface area contributed by atoms with Gasteiger partial charge in [0, 0.05) is 11.8 Å². The molecule has 3 rings (SSSR count). The van der Waals surface area contributed by atoms with Gasteiger partial charge in [0.1, 0.15) is 16.7 Å². The molecule has 0 spiro atoms. The zero-order chi connectivity index (χ0) is 20.6. The Kier molecular flexibility index (Phi) is 6.65. The highest BCUT2D eigenvalue weighted by Gasteiger charge is 2.05. The molecule has 29 heavy (non-hydrogen) atoms. The van der Waals surface area contributed by atoms with Gasteiger partial charge in [-0.1, -0.05) is 24.3 Å². The molecule has 1 atom stereocenters. The maximum atomic E-state index is 12.4. The fraction of sp³-hybridized carbons (Fsp3) is 0.0455. The first-order valence-corrected chi connectivity index (χ1v) is 9.96. The summed E-state index contributed by atoms with van der Waals surface area (Å²) in [6, 6.07) is 21.3. The van der Waals surface area contributed by atoms with E-state index in [-0.39, 0.29) is 5.91 Å². The first kappa shape index (κ1) is 20.2. The summed E-state index contributed by atoms with van der Waals surface area (Å²) in [5.74, 6) is 0.437. The minimum Gasteiger partial charge on any atom is -0.497 e. The number of carbonyl (C=O) groups is 1. The number of anilines is 3. The number of nitrogens with two attached hydrogens (primary N) is 1. The van der Waals surface area contributed by atoms with Crippen molar-refractivity contribution in [3.63, 3.8) is 0 Å². The molecule has 1 unspecified atom stereocenters. The van der Waals surface area contributed by atoms with Crippen molar-refractivity contribution >= 4 is 40.0 Å². The summed E-state index contributed by atoms with van der Waals surface area (Å²) in [4.78, 5) is 12.7. The maximum absolute atomic E-state index is 12.4. The van der Waals surface area contributed by atoms with Crippen molar-refractivity contribution in [3.8, 4) is 5.75 Å². The first-order chi connectivity index (χ1) is 14.0. The summed E-state index contributed by atoms with van der Waals surface area (Å²) < 4.78 is 20.4. The van der Waals surface area contributed by atoms with Crippen molar-refractivity contribution in [1.29, 1.82) is 0 Å². The standard InChI is InChI=1S/C22H21N3O3S/c1-28-18-11-13-19(14-12-18)29(27)25-17-9-6-16(7-10-17)8-15-22(26)24-21-5-3-2-4-20(21)23/h2-15,25H,23H2,1H3,(H,24,26)/b15-8+. The van der Waals surface area contributed by atoms with E-state index in [2.05, 4.69) is 10.0 Å². The van der Waals surface area contributed by atoms with Crippen molar-refractivity contribution in [1.82, 2.24) is 0 Å². The monoisotopic (exact) mass is 407 g/mol. The number of hydrogen-bond acceptors (Lipinski definition) is 4. The summed E-state index contributed by atoms with van der Waals surface area (Å²) in [5.41, 5.74) is 8.43. The van der Waals surface area contributed by atoms with Gasteiger partial charge < -0.3 is 20.5 Å². The Balaban J connectivity index is 1.57. The second kappa shape index (κ2) is 9.57. The van der Waals surface area contributed by atoms with Crippen molar-refractivity contribution in [2.24, 2.45) is 0 Å². The quantitative estimate of drug-likeness (QED) is 0.407. The van der Waals surface area contributed by atoms with E-state index in [4.69, 9.17) is 10.5 Å². The van der Waals surface area contributed by atoms with Crippen LogP contribution >= 0.6 is 0 Å². The molecule has 7 heteroatoms. The van der Waals surface area contributed by atoms with E-state index in [1.54, 1.807) is 73.8 Å². The SMILES string of the molecule is COc1ccc(S(=O)Nc2ccc(/C=C/C(=O)Nc3ccccc3N)cc2)cc1. The summed E-state index contributed by atoms with van der Waals surface area (Å²) in [6.45, 7) is 0. The molecule has 3 aromatic carbocycles. The highest BCUT2D eigenvalue weighted by molar-refractivity contribution is 7.86. The third kappa shape index (κ3) is 5.70. The molecule has 4 N–H and O–H groups in total. The van der Waals surface area contributed by atoms with Crippen LogP contribution in [0.4, 0.5) is 17.1 Å². The molecule has 0 aliphatic rings. The summed E-state index contributed by atoms with van der Waals surface area (Å²) in [5, 5.41) is 2.73. The molecule has 6 nitrogen and oxygen atoms in total. The molecular weight excluding hydrogens is 386 g/mol. The van der Waals surface area contributed by atoms with Gasteiger partial charge in [0.2, 0.25) is 5.91 Å². The van der Waals surface area contributed by atoms with Crippen molar-refractivity contribution in [3.05, 3.63) is 84.4 Å². The van der Waals surface area contributed by atoms with Gasteiger partial charge in [-0.05, 0) is 60.2 Å². The Labute approximate surface area is 172 Å². The van der Waals surface area contributed by atoms with Crippen LogP contribution in [-0.2, 0) is 15.8 Å². The lowest BCUT2D eigenvalue weighted by Gasteiger charge is -2.07. The molecule has 148 valence electrons. The topological polar surface area (TPSA) is 93.4 Å². The van der Waals surface area contributed by atoms with Crippen LogP contribution in [0.5, 0.6) is 5.75 Å². The smallest absolute Gasteiger partial charge is 0.248 e. The van der Waals surface area contributed by atoms with Crippen LogP contribution < -0.4 is 20.5 Å². The van der Waals surface area contributed by atoms with Gasteiger partial charge in [-0.2, -0.15) is 0 Å². The Bertz CT molecular complexity index is 1030. The number of amides is 1. The molecule has 0 heterocycles. The minimum atomic E-state index is -1.39. The van der Waals surface area contributed by atoms with Gasteiger partial charge in [0.05, 0.1) is 23.4 Å². The normalized spacial score (nSPS) is 11.8. The molecule has 3 aromatic rings. The van der Waals surface area contributed by atoms with Gasteiger partial charge in [0.15, 0.2) is 0 Å². The number of hydrogen-bond donors (Lipinski definition) is 3. The van der Waals surface area contributed by atoms with Crippen LogP contribution in [0.3, 0.4) is 0 Å². The zero-order valence-electron chi connectivity index (χ0n) is 15.8. The Morgan fingerprint density at radius 3 is 2.34 bits per heavy atom. The summed E-state index contributed by atoms with van der Waals surface area (Å²) >= 11 is 0. The summed E-state index contributed by atoms with van der Waals surface area (Å²) in [7, 11) is 0.198. The number of benzene rings is 3. The number of nitrogen functional groups attached to an aromatic ring is 1. The van der Waals surface area contributed by atoms with E-state index in [1.807, 2.05) is 12.1 Å². The molecule has 0 aliphatic carbocycles. The number of carbonyl (C=O) groups excluding carboxylic acids is 1. The average Bonchev–Trinajstić information content (AvgIpc) is 2.75. The number of para-hydroxylation sites is 2. The van der Waals surface area contributed by atoms with Gasteiger partial charge in [-0.15, -0.1) is 0 Å². The summed E-state index contributed by atoms with van der Waals surface area (Å²) in [6.07, 6.45) is 3.13. The molecule has 0 aliphatic heterocycles. The van der Waals surface area contributed by atoms with Gasteiger partial charge in [-0.25, -0.2) is 4.21 Å². The highest BCUT2D eigenvalue weighted by Crippen LogP contribution is 2.18. The third-order valence-electron chi connectivity index (χ3n) is 4.04. The fourth-order valence-corrected chi connectivity index (χ4v) is 3.34. The number of nitrogens with one attached hydrogen (secondary N) is 2. The lowest BCUT2D eigenvalue weighted by molar-refractivity contribution is -0.111. The van der Waals surface area contributed by atoms with Crippen LogP contribution in [0.1, 0.15) is 5.56 Å². The van der Waals surface area contributed by atoms with E-state index in [0.717, 1.165) is 5.56 Å². The predicted molar refractivity (Wildman–Crippen MR) is 118 cm³/mol. The third-order valence-corrected chi connectivity index (χ3v) is 5.16. The fourth-order valence-electron chi connectivity index (χ4n) is 2.48. The molecule has 1 amide bonds. The highest BCUT2D eigenvalue weighted by atomic mass is 32.2. The lowest BCUT2D eigenvalue weighted by atomic mass is 10.2. The number of methoxy groups -OCH3 is 1. The van der Waals surface area contributed by atoms with Crippen LogP contribution in [0.25, 0.3) is 6.08 Å². The van der Waals surface area contributed by atoms with E-state index in [0.29, 0.717) is 27.7 Å². The van der Waals surface area contributed by atoms with Crippen LogP contribution in [0.15, 0.2) is 83.8 Å². The molecule has 0 fully saturated rings. The number of ether oxygens (including phenoxy) is 1. The second-order valence-electron chi connectivity index (χ2n) is 6.08. The molecule has 0 saturated carbocycles. The number of rotatable bonds is 7. The molecule has 0 aromatic heterocycles. The first-order valence-electron chi connectivity index (χ1n) is 8.81. The van der Waals surface area contributed by atoms with E-state index >= 15 is 0 Å². The predicted octanol–water partition coefficient (Wildman–Crippen LogP) is 4.06. The Hall–Kier alpha value is -3.58. The van der Waals surface area contributed by atoms with E-state index < -0.39 is 11.0 Å². The molecule has 0 bridgehead atoms. The minimum absolute atomic E-state index is 0.272. The lowest BCUT2D eigenvalue weighted by Crippen LogP contribution is -2.09. The van der Waals surface area contributed by atoms with Crippen LogP contribution in [-0.4, -0.2) is 17.2 Å². The van der Waals surface area contributed by atoms with Crippen molar-refractivity contribution in [2.45, 2.75) is 4.90 Å². The second-order valence-corrected chi connectivity index (χ2v) is 7.29. The van der Waals surface area contributed by atoms with Crippen molar-refractivity contribution < 1.29 is 13.7 Å². The van der Waals surface area contributed by atoms with Crippen molar-refractivity contribution in [2.75, 3.05) is 22.9 Å². The van der Waals surface area contributed by atoms with Gasteiger partial charge in [0.25, 0.3) is 0 Å². The largest absolute Gasteiger partial charge is 0.497 e. The van der Waals surface area contributed by atoms with Gasteiger partial charge >= 0.3 is 0 Å². The Morgan fingerprint density at radius 2 is 1.69 bits per heavy atom. The average molecular weight is 407 g/mol. The maximum Gasteiger partial charge on any atom is 0.248 e. The molecular formula is C22H21N3O3S. The van der Waals surface area contributed by atoms with Crippen LogP contribution in [0, 0.1) is 0 Å². The molecule has 0 radical (unpaired) electrons. The molecule has 0 saturated heterocycles. The van der Waals surface area contributed by atoms with E-state index in [1.165, 1.54) is 6.08 Å². The Morgan fingerprint density at radius 1 is 1.00 bits per heavy atom.